The third kappa shape index (κ3) is 8.13. The second-order valence-corrected chi connectivity index (χ2v) is 3.16. The number of carboxylic acid groups (broad SMARTS) is 1. The first-order valence-corrected chi connectivity index (χ1v) is 3.45. The summed E-state index contributed by atoms with van der Waals surface area (Å²) in [6.45, 7) is 0.468. The topological polar surface area (TPSA) is 49.3 Å². The Morgan fingerprint density at radius 2 is 2.22 bits per heavy atom. The maximum Gasteiger partial charge on any atom is 0.317 e. The number of nitrogens with one attached hydrogen (secondary N) is 1. The summed E-state index contributed by atoms with van der Waals surface area (Å²) in [4.78, 5) is 9.87. The second-order valence-electron chi connectivity index (χ2n) is 1.51. The van der Waals surface area contributed by atoms with Gasteiger partial charge in [-0.2, -0.15) is 25.3 Å². The fraction of sp³-hybridized carbons (Fsp3) is 0.750. The summed E-state index contributed by atoms with van der Waals surface area (Å²) >= 11 is 7.82. The lowest BCUT2D eigenvalue weighted by atomic mass is 10.6. The number of hydrogen-bond acceptors (Lipinski definition) is 4. The van der Waals surface area contributed by atoms with Gasteiger partial charge in [0.05, 0.1) is 11.1 Å². The molecular formula is C4H9NO2S2. The van der Waals surface area contributed by atoms with Crippen LogP contribution in [0.4, 0.5) is 0 Å². The summed E-state index contributed by atoms with van der Waals surface area (Å²) in [6, 6.07) is 0. The van der Waals surface area contributed by atoms with Crippen LogP contribution in [0.15, 0.2) is 0 Å². The Labute approximate surface area is 64.6 Å². The van der Waals surface area contributed by atoms with Crippen molar-refractivity contribution < 1.29 is 9.90 Å². The van der Waals surface area contributed by atoms with Crippen LogP contribution in [0, 0.1) is 0 Å². The molecule has 0 aromatic carbocycles. The molecule has 3 nitrogen and oxygen atoms in total. The molecule has 0 saturated heterocycles. The van der Waals surface area contributed by atoms with Crippen molar-refractivity contribution in [2.24, 2.45) is 0 Å². The van der Waals surface area contributed by atoms with E-state index in [2.05, 4.69) is 30.6 Å². The summed E-state index contributed by atoms with van der Waals surface area (Å²) in [5.41, 5.74) is 0. The maximum atomic E-state index is 9.87. The SMILES string of the molecule is O=C(O)CNCC(S)S. The minimum absolute atomic E-state index is 0.0301. The van der Waals surface area contributed by atoms with E-state index < -0.39 is 5.97 Å². The van der Waals surface area contributed by atoms with Crippen LogP contribution in [0.5, 0.6) is 0 Å². The normalized spacial score (nSPS) is 10.1. The van der Waals surface area contributed by atoms with E-state index in [1.54, 1.807) is 0 Å². The van der Waals surface area contributed by atoms with Crippen molar-refractivity contribution in [2.75, 3.05) is 13.1 Å². The van der Waals surface area contributed by atoms with E-state index in [0.29, 0.717) is 6.54 Å². The van der Waals surface area contributed by atoms with Gasteiger partial charge < -0.3 is 10.4 Å². The Balaban J connectivity index is 3.01. The monoisotopic (exact) mass is 167 g/mol. The number of thiol groups is 2. The lowest BCUT2D eigenvalue weighted by molar-refractivity contribution is -0.135. The highest BCUT2D eigenvalue weighted by Gasteiger charge is 1.96. The van der Waals surface area contributed by atoms with Crippen molar-refractivity contribution in [2.45, 2.75) is 4.58 Å². The lowest BCUT2D eigenvalue weighted by Gasteiger charge is -2.01. The Hall–Kier alpha value is 0.130. The lowest BCUT2D eigenvalue weighted by Crippen LogP contribution is -2.26. The Morgan fingerprint density at radius 1 is 1.67 bits per heavy atom. The number of carboxylic acids is 1. The van der Waals surface area contributed by atoms with E-state index >= 15 is 0 Å². The maximum absolute atomic E-state index is 9.87. The predicted octanol–water partition coefficient (Wildman–Crippen LogP) is -0.154. The van der Waals surface area contributed by atoms with Gasteiger partial charge in [0.2, 0.25) is 0 Å². The van der Waals surface area contributed by atoms with Crippen molar-refractivity contribution >= 4 is 31.2 Å². The van der Waals surface area contributed by atoms with Gasteiger partial charge in [0, 0.05) is 6.54 Å². The summed E-state index contributed by atoms with van der Waals surface area (Å²) in [5.74, 6) is -0.864. The molecule has 0 amide bonds. The van der Waals surface area contributed by atoms with Gasteiger partial charge in [-0.15, -0.1) is 0 Å². The first kappa shape index (κ1) is 9.13. The Bertz CT molecular complexity index is 96.6. The van der Waals surface area contributed by atoms with E-state index in [9.17, 15) is 4.79 Å². The molecule has 0 unspecified atom stereocenters. The molecule has 0 aromatic heterocycles. The zero-order valence-corrected chi connectivity index (χ0v) is 6.53. The molecular weight excluding hydrogens is 158 g/mol. The molecule has 0 aliphatic carbocycles. The van der Waals surface area contributed by atoms with Gasteiger partial charge in [0.15, 0.2) is 0 Å². The van der Waals surface area contributed by atoms with Crippen LogP contribution in [0.2, 0.25) is 0 Å². The van der Waals surface area contributed by atoms with E-state index in [1.807, 2.05) is 0 Å². The number of rotatable bonds is 4. The first-order valence-electron chi connectivity index (χ1n) is 2.41. The highest BCUT2D eigenvalue weighted by atomic mass is 32.2. The van der Waals surface area contributed by atoms with Gasteiger partial charge in [-0.05, 0) is 0 Å². The van der Waals surface area contributed by atoms with Crippen LogP contribution in [0.25, 0.3) is 0 Å². The van der Waals surface area contributed by atoms with Crippen LogP contribution in [-0.2, 0) is 4.79 Å². The zero-order chi connectivity index (χ0) is 7.28. The molecule has 2 N–H and O–H groups in total. The molecule has 54 valence electrons. The van der Waals surface area contributed by atoms with E-state index in [1.165, 1.54) is 0 Å². The molecule has 9 heavy (non-hydrogen) atoms. The van der Waals surface area contributed by atoms with Gasteiger partial charge in [0.1, 0.15) is 0 Å². The number of aliphatic carboxylic acids is 1. The van der Waals surface area contributed by atoms with Crippen molar-refractivity contribution in [1.82, 2.24) is 5.32 Å². The standard InChI is InChI=1S/C4H9NO2S2/c6-3(7)1-5-2-4(8)9/h4-5,8-9H,1-2H2,(H,6,7). The van der Waals surface area contributed by atoms with Gasteiger partial charge in [-0.3, -0.25) is 4.79 Å². The molecule has 0 heterocycles. The van der Waals surface area contributed by atoms with Crippen LogP contribution < -0.4 is 5.32 Å². The van der Waals surface area contributed by atoms with Gasteiger partial charge in [-0.1, -0.05) is 0 Å². The molecule has 0 aliphatic rings. The van der Waals surface area contributed by atoms with Gasteiger partial charge in [-0.25, -0.2) is 0 Å². The van der Waals surface area contributed by atoms with Crippen LogP contribution in [0.3, 0.4) is 0 Å². The first-order chi connectivity index (χ1) is 4.13. The van der Waals surface area contributed by atoms with Crippen LogP contribution >= 0.6 is 25.3 Å². The van der Waals surface area contributed by atoms with Gasteiger partial charge >= 0.3 is 5.97 Å². The fourth-order valence-electron chi connectivity index (χ4n) is 0.308. The minimum Gasteiger partial charge on any atom is -0.480 e. The smallest absolute Gasteiger partial charge is 0.317 e. The van der Waals surface area contributed by atoms with E-state index in [4.69, 9.17) is 5.11 Å². The third-order valence-electron chi connectivity index (χ3n) is 0.603. The highest BCUT2D eigenvalue weighted by molar-refractivity contribution is 7.99. The van der Waals surface area contributed by atoms with Crippen molar-refractivity contribution in [3.8, 4) is 0 Å². The van der Waals surface area contributed by atoms with E-state index in [-0.39, 0.29) is 11.1 Å². The number of carbonyl (C=O) groups is 1. The van der Waals surface area contributed by atoms with Crippen molar-refractivity contribution in [3.05, 3.63) is 0 Å². The van der Waals surface area contributed by atoms with Crippen molar-refractivity contribution in [1.29, 1.82) is 0 Å². The average molecular weight is 167 g/mol. The number of hydrogen-bond donors (Lipinski definition) is 4. The summed E-state index contributed by atoms with van der Waals surface area (Å²) < 4.78 is -0.0932. The minimum atomic E-state index is -0.864. The third-order valence-corrected chi connectivity index (χ3v) is 0.968. The van der Waals surface area contributed by atoms with E-state index in [0.717, 1.165) is 0 Å². The van der Waals surface area contributed by atoms with Crippen LogP contribution in [0.1, 0.15) is 0 Å². The molecule has 0 aliphatic heterocycles. The Morgan fingerprint density at radius 3 is 2.56 bits per heavy atom. The molecule has 0 fully saturated rings. The highest BCUT2D eigenvalue weighted by Crippen LogP contribution is 1.95. The zero-order valence-electron chi connectivity index (χ0n) is 4.74. The molecule has 0 spiro atoms. The summed E-state index contributed by atoms with van der Waals surface area (Å²) in [5, 5.41) is 10.7. The van der Waals surface area contributed by atoms with Gasteiger partial charge in [0.25, 0.3) is 0 Å². The molecule has 0 bridgehead atoms. The van der Waals surface area contributed by atoms with Crippen LogP contribution in [-0.4, -0.2) is 28.7 Å². The Kier molecular flexibility index (Phi) is 5.03. The molecule has 0 rings (SSSR count). The average Bonchev–Trinajstić information content (AvgIpc) is 1.63. The molecule has 0 radical (unpaired) electrons. The molecule has 0 atom stereocenters. The molecule has 0 aromatic rings. The largest absolute Gasteiger partial charge is 0.480 e. The molecule has 5 heteroatoms. The quantitative estimate of drug-likeness (QED) is 0.348. The summed E-state index contributed by atoms with van der Waals surface area (Å²) in [7, 11) is 0. The summed E-state index contributed by atoms with van der Waals surface area (Å²) in [6.07, 6.45) is 0. The second kappa shape index (κ2) is 4.96. The fourth-order valence-corrected chi connectivity index (χ4v) is 0.566. The van der Waals surface area contributed by atoms with Crippen molar-refractivity contribution in [3.63, 3.8) is 0 Å². The predicted molar refractivity (Wildman–Crippen MR) is 42.3 cm³/mol. The molecule has 0 saturated carbocycles.